The van der Waals surface area contributed by atoms with E-state index in [1.54, 1.807) is 0 Å². The molecule has 2 rings (SSSR count). The third-order valence-electron chi connectivity index (χ3n) is 2.37. The monoisotopic (exact) mass is 364 g/mol. The molecule has 2 aromatic rings. The van der Waals surface area contributed by atoms with Gasteiger partial charge in [0.2, 0.25) is 0 Å². The molecule has 0 spiro atoms. The molecular formula is C13H8BrF3O2S. The number of rotatable bonds is 4. The van der Waals surface area contributed by atoms with Crippen molar-refractivity contribution < 1.29 is 22.7 Å². The van der Waals surface area contributed by atoms with Gasteiger partial charge >= 0.3 is 6.36 Å². The molecule has 1 aromatic carbocycles. The fraction of sp³-hybridized carbons (Fsp3) is 0.154. The molecule has 0 amide bonds. The summed E-state index contributed by atoms with van der Waals surface area (Å²) in [5.74, 6) is -0.495. The van der Waals surface area contributed by atoms with Crippen LogP contribution in [-0.2, 0) is 6.42 Å². The second kappa shape index (κ2) is 5.97. The van der Waals surface area contributed by atoms with Crippen LogP contribution in [0, 0.1) is 0 Å². The lowest BCUT2D eigenvalue weighted by atomic mass is 10.1. The molecule has 0 fully saturated rings. The summed E-state index contributed by atoms with van der Waals surface area (Å²) in [4.78, 5) is 12.8. The Kier molecular flexibility index (Phi) is 4.49. The van der Waals surface area contributed by atoms with Crippen molar-refractivity contribution >= 4 is 33.0 Å². The molecule has 0 unspecified atom stereocenters. The summed E-state index contributed by atoms with van der Waals surface area (Å²) in [6, 6.07) is 6.75. The molecule has 0 radical (unpaired) electrons. The van der Waals surface area contributed by atoms with Crippen LogP contribution in [0.4, 0.5) is 13.2 Å². The summed E-state index contributed by atoms with van der Waals surface area (Å²) in [5.41, 5.74) is 0.351. The molecule has 0 atom stereocenters. The van der Waals surface area contributed by atoms with Gasteiger partial charge in [0, 0.05) is 26.7 Å². The number of halogens is 4. The van der Waals surface area contributed by atoms with Gasteiger partial charge in [0.05, 0.1) is 0 Å². The Morgan fingerprint density at radius 2 is 1.90 bits per heavy atom. The van der Waals surface area contributed by atoms with Gasteiger partial charge in [-0.3, -0.25) is 4.79 Å². The van der Waals surface area contributed by atoms with Gasteiger partial charge in [-0.2, -0.15) is 0 Å². The van der Waals surface area contributed by atoms with E-state index >= 15 is 0 Å². The SMILES string of the molecule is O=C(Cc1cc(Br)cs1)c1ccc(OC(F)(F)F)cc1. The van der Waals surface area contributed by atoms with Crippen molar-refractivity contribution in [2.75, 3.05) is 0 Å². The van der Waals surface area contributed by atoms with Gasteiger partial charge in [0.25, 0.3) is 0 Å². The number of ether oxygens (including phenoxy) is 1. The third kappa shape index (κ3) is 4.35. The molecule has 20 heavy (non-hydrogen) atoms. The van der Waals surface area contributed by atoms with E-state index < -0.39 is 6.36 Å². The first-order valence-electron chi connectivity index (χ1n) is 5.45. The van der Waals surface area contributed by atoms with Crippen molar-refractivity contribution in [3.63, 3.8) is 0 Å². The van der Waals surface area contributed by atoms with Crippen molar-refractivity contribution in [3.05, 3.63) is 50.6 Å². The number of hydrogen-bond donors (Lipinski definition) is 0. The van der Waals surface area contributed by atoms with Crippen molar-refractivity contribution in [1.82, 2.24) is 0 Å². The summed E-state index contributed by atoms with van der Waals surface area (Å²) in [5, 5.41) is 1.86. The van der Waals surface area contributed by atoms with Crippen LogP contribution in [0.3, 0.4) is 0 Å². The molecule has 0 N–H and O–H groups in total. The quantitative estimate of drug-likeness (QED) is 0.726. The summed E-state index contributed by atoms with van der Waals surface area (Å²) in [6.07, 6.45) is -4.51. The molecule has 7 heteroatoms. The minimum Gasteiger partial charge on any atom is -0.406 e. The highest BCUT2D eigenvalue weighted by Crippen LogP contribution is 2.24. The largest absolute Gasteiger partial charge is 0.573 e. The molecule has 2 nitrogen and oxygen atoms in total. The Balaban J connectivity index is 2.04. The van der Waals surface area contributed by atoms with Gasteiger partial charge in [0.15, 0.2) is 5.78 Å². The van der Waals surface area contributed by atoms with Gasteiger partial charge in [-0.15, -0.1) is 24.5 Å². The minimum atomic E-state index is -4.73. The Morgan fingerprint density at radius 1 is 1.25 bits per heavy atom. The molecule has 0 saturated heterocycles. The van der Waals surface area contributed by atoms with Gasteiger partial charge in [-0.05, 0) is 46.3 Å². The summed E-state index contributed by atoms with van der Waals surface area (Å²) in [6.45, 7) is 0. The van der Waals surface area contributed by atoms with Crippen molar-refractivity contribution in [3.8, 4) is 5.75 Å². The molecule has 0 bridgehead atoms. The highest BCUT2D eigenvalue weighted by molar-refractivity contribution is 9.10. The topological polar surface area (TPSA) is 26.3 Å². The molecule has 0 aliphatic rings. The van der Waals surface area contributed by atoms with Crippen LogP contribution in [0.1, 0.15) is 15.2 Å². The summed E-state index contributed by atoms with van der Waals surface area (Å²) < 4.78 is 40.6. The van der Waals surface area contributed by atoms with E-state index in [9.17, 15) is 18.0 Å². The molecular weight excluding hydrogens is 357 g/mol. The maximum atomic E-state index is 12.0. The van der Waals surface area contributed by atoms with E-state index in [1.807, 2.05) is 11.4 Å². The van der Waals surface area contributed by atoms with E-state index in [0.29, 0.717) is 5.56 Å². The fourth-order valence-electron chi connectivity index (χ4n) is 1.55. The predicted molar refractivity (Wildman–Crippen MR) is 73.2 cm³/mol. The van der Waals surface area contributed by atoms with Gasteiger partial charge in [-0.1, -0.05) is 0 Å². The number of Topliss-reactive ketones (excluding diaryl/α,β-unsaturated/α-hetero) is 1. The number of carbonyl (C=O) groups excluding carboxylic acids is 1. The van der Waals surface area contributed by atoms with Gasteiger partial charge < -0.3 is 4.74 Å². The van der Waals surface area contributed by atoms with E-state index in [2.05, 4.69) is 20.7 Å². The van der Waals surface area contributed by atoms with E-state index in [1.165, 1.54) is 23.5 Å². The number of ketones is 1. The van der Waals surface area contributed by atoms with Crippen molar-refractivity contribution in [2.24, 2.45) is 0 Å². The van der Waals surface area contributed by atoms with Gasteiger partial charge in [0.1, 0.15) is 5.75 Å². The van der Waals surface area contributed by atoms with Crippen LogP contribution in [0.5, 0.6) is 5.75 Å². The number of hydrogen-bond acceptors (Lipinski definition) is 3. The third-order valence-corrected chi connectivity index (χ3v) is 4.06. The first kappa shape index (κ1) is 15.1. The second-order valence-electron chi connectivity index (χ2n) is 3.90. The van der Waals surface area contributed by atoms with Crippen LogP contribution < -0.4 is 4.74 Å². The number of benzene rings is 1. The zero-order valence-electron chi connectivity index (χ0n) is 9.91. The zero-order valence-corrected chi connectivity index (χ0v) is 12.3. The second-order valence-corrected chi connectivity index (χ2v) is 5.81. The Morgan fingerprint density at radius 3 is 2.40 bits per heavy atom. The average Bonchev–Trinajstić information content (AvgIpc) is 2.73. The van der Waals surface area contributed by atoms with E-state index in [-0.39, 0.29) is 18.0 Å². The van der Waals surface area contributed by atoms with Crippen LogP contribution in [0.15, 0.2) is 40.2 Å². The molecule has 0 aliphatic carbocycles. The first-order chi connectivity index (χ1) is 9.33. The summed E-state index contributed by atoms with van der Waals surface area (Å²) in [7, 11) is 0. The normalized spacial score (nSPS) is 11.4. The maximum Gasteiger partial charge on any atom is 0.573 e. The van der Waals surface area contributed by atoms with Crippen LogP contribution in [0.2, 0.25) is 0 Å². The lowest BCUT2D eigenvalue weighted by molar-refractivity contribution is -0.274. The summed E-state index contributed by atoms with van der Waals surface area (Å²) >= 11 is 4.73. The Bertz CT molecular complexity index is 605. The number of carbonyl (C=O) groups is 1. The number of thiophene rings is 1. The standard InChI is InChI=1S/C13H8BrF3O2S/c14-9-5-11(20-7-9)6-12(18)8-1-3-10(4-2-8)19-13(15,16)17/h1-5,7H,6H2. The van der Waals surface area contributed by atoms with Crippen molar-refractivity contribution in [1.29, 1.82) is 0 Å². The van der Waals surface area contributed by atoms with Crippen LogP contribution in [0.25, 0.3) is 0 Å². The Hall–Kier alpha value is -1.34. The highest BCUT2D eigenvalue weighted by atomic mass is 79.9. The number of alkyl halides is 3. The van der Waals surface area contributed by atoms with Crippen LogP contribution in [-0.4, -0.2) is 12.1 Å². The molecule has 106 valence electrons. The fourth-order valence-corrected chi connectivity index (χ4v) is 3.00. The highest BCUT2D eigenvalue weighted by Gasteiger charge is 2.31. The molecule has 0 aliphatic heterocycles. The van der Waals surface area contributed by atoms with E-state index in [0.717, 1.165) is 21.5 Å². The maximum absolute atomic E-state index is 12.0. The Labute approximate surface area is 125 Å². The van der Waals surface area contributed by atoms with E-state index in [4.69, 9.17) is 0 Å². The average molecular weight is 365 g/mol. The lowest BCUT2D eigenvalue weighted by Gasteiger charge is -2.08. The predicted octanol–water partition coefficient (Wildman–Crippen LogP) is 4.83. The first-order valence-corrected chi connectivity index (χ1v) is 7.13. The van der Waals surface area contributed by atoms with Gasteiger partial charge in [-0.25, -0.2) is 0 Å². The smallest absolute Gasteiger partial charge is 0.406 e. The van der Waals surface area contributed by atoms with Crippen LogP contribution >= 0.6 is 27.3 Å². The zero-order chi connectivity index (χ0) is 14.8. The molecule has 1 aromatic heterocycles. The van der Waals surface area contributed by atoms with Crippen molar-refractivity contribution in [2.45, 2.75) is 12.8 Å². The molecule has 1 heterocycles. The molecule has 0 saturated carbocycles. The lowest BCUT2D eigenvalue weighted by Crippen LogP contribution is -2.17. The minimum absolute atomic E-state index is 0.155.